The van der Waals surface area contributed by atoms with Gasteiger partial charge in [-0.25, -0.2) is 0 Å². The number of aliphatic imine (C=N–C) groups is 1. The summed E-state index contributed by atoms with van der Waals surface area (Å²) < 4.78 is 0.516. The third kappa shape index (κ3) is 4.63. The van der Waals surface area contributed by atoms with Crippen LogP contribution in [-0.2, 0) is 0 Å². The fourth-order valence-corrected chi connectivity index (χ4v) is 2.08. The van der Waals surface area contributed by atoms with Crippen LogP contribution in [0.4, 0.5) is 0 Å². The Morgan fingerprint density at radius 1 is 1.43 bits per heavy atom. The number of hydrogen-bond donors (Lipinski definition) is 1. The van der Waals surface area contributed by atoms with Crippen molar-refractivity contribution in [3.05, 3.63) is 25.3 Å². The zero-order chi connectivity index (χ0) is 11.0. The van der Waals surface area contributed by atoms with Crippen molar-refractivity contribution in [2.75, 3.05) is 0 Å². The number of rotatable bonds is 7. The van der Waals surface area contributed by atoms with Crippen molar-refractivity contribution in [3.8, 4) is 0 Å². The summed E-state index contributed by atoms with van der Waals surface area (Å²) in [4.78, 5) is 4.47. The summed E-state index contributed by atoms with van der Waals surface area (Å²) in [6.07, 6.45) is 7.56. The van der Waals surface area contributed by atoms with Crippen LogP contribution in [0.1, 0.15) is 32.6 Å². The first-order valence-corrected chi connectivity index (χ1v) is 5.70. The van der Waals surface area contributed by atoms with Gasteiger partial charge in [-0.3, -0.25) is 0 Å². The molecule has 0 aromatic rings. The molecule has 79 valence electrons. The normalized spacial score (nSPS) is 12.5. The molecule has 0 aliphatic carbocycles. The first-order valence-electron chi connectivity index (χ1n) is 4.84. The number of amidine groups is 1. The molecular formula is C11H19N2Se. The molecule has 0 fully saturated rings. The van der Waals surface area contributed by atoms with E-state index in [1.807, 2.05) is 12.2 Å². The number of hydrogen-bond acceptors (Lipinski definition) is 1. The summed E-state index contributed by atoms with van der Waals surface area (Å²) in [5.74, 6) is 0. The van der Waals surface area contributed by atoms with E-state index in [4.69, 9.17) is 5.73 Å². The molecule has 0 aliphatic heterocycles. The molecule has 2 nitrogen and oxygen atoms in total. The Hall–Kier alpha value is -0.531. The minimum absolute atomic E-state index is 0.131. The molecule has 0 bridgehead atoms. The van der Waals surface area contributed by atoms with Gasteiger partial charge in [-0.2, -0.15) is 0 Å². The molecule has 1 radical (unpaired) electrons. The molecule has 0 heterocycles. The number of nitrogens with zero attached hydrogens (tertiary/aromatic N) is 1. The van der Waals surface area contributed by atoms with Gasteiger partial charge in [-0.15, -0.1) is 0 Å². The minimum atomic E-state index is -0.131. The SMILES string of the molecule is C=CCC(CC=C)(CCC)N=C(N)[Se]. The zero-order valence-electron chi connectivity index (χ0n) is 8.83. The summed E-state index contributed by atoms with van der Waals surface area (Å²) in [5, 5.41) is 0. The molecule has 0 rings (SSSR count). The molecular weight excluding hydrogens is 239 g/mol. The van der Waals surface area contributed by atoms with E-state index in [2.05, 4.69) is 41.1 Å². The van der Waals surface area contributed by atoms with Crippen LogP contribution in [-0.4, -0.2) is 26.3 Å². The monoisotopic (exact) mass is 259 g/mol. The first kappa shape index (κ1) is 13.5. The van der Waals surface area contributed by atoms with Crippen LogP contribution >= 0.6 is 0 Å². The molecule has 0 aliphatic rings. The predicted molar refractivity (Wildman–Crippen MR) is 64.6 cm³/mol. The molecule has 0 aromatic heterocycles. The van der Waals surface area contributed by atoms with E-state index in [0.717, 1.165) is 25.7 Å². The van der Waals surface area contributed by atoms with E-state index < -0.39 is 0 Å². The van der Waals surface area contributed by atoms with Crippen LogP contribution in [0.5, 0.6) is 0 Å². The van der Waals surface area contributed by atoms with E-state index in [1.165, 1.54) is 0 Å². The maximum absolute atomic E-state index is 5.60. The van der Waals surface area contributed by atoms with Crippen molar-refractivity contribution >= 4 is 20.7 Å². The van der Waals surface area contributed by atoms with Crippen LogP contribution in [0.2, 0.25) is 0 Å². The Kier molecular flexibility index (Phi) is 6.59. The van der Waals surface area contributed by atoms with Crippen LogP contribution in [0.3, 0.4) is 0 Å². The maximum atomic E-state index is 5.60. The Balaban J connectivity index is 4.80. The van der Waals surface area contributed by atoms with Gasteiger partial charge in [0.2, 0.25) is 0 Å². The topological polar surface area (TPSA) is 38.4 Å². The Labute approximate surface area is 95.2 Å². The van der Waals surface area contributed by atoms with Crippen molar-refractivity contribution in [2.45, 2.75) is 38.1 Å². The van der Waals surface area contributed by atoms with Gasteiger partial charge in [0.1, 0.15) is 0 Å². The van der Waals surface area contributed by atoms with Gasteiger partial charge in [-0.1, -0.05) is 0 Å². The van der Waals surface area contributed by atoms with E-state index in [9.17, 15) is 0 Å². The molecule has 2 N–H and O–H groups in total. The van der Waals surface area contributed by atoms with Crippen molar-refractivity contribution in [3.63, 3.8) is 0 Å². The second-order valence-corrected chi connectivity index (χ2v) is 4.29. The third-order valence-corrected chi connectivity index (χ3v) is 2.30. The van der Waals surface area contributed by atoms with E-state index in [-0.39, 0.29) is 5.54 Å². The van der Waals surface area contributed by atoms with Gasteiger partial charge in [0, 0.05) is 0 Å². The number of nitrogens with two attached hydrogens (primary N) is 1. The molecule has 14 heavy (non-hydrogen) atoms. The summed E-state index contributed by atoms with van der Waals surface area (Å²) in [6, 6.07) is 0. The quantitative estimate of drug-likeness (QED) is 0.323. The molecule has 0 unspecified atom stereocenters. The molecule has 0 amide bonds. The zero-order valence-corrected chi connectivity index (χ0v) is 10.5. The molecule has 3 heteroatoms. The molecule has 0 aromatic carbocycles. The van der Waals surface area contributed by atoms with Gasteiger partial charge in [0.25, 0.3) is 0 Å². The molecule has 0 atom stereocenters. The van der Waals surface area contributed by atoms with Gasteiger partial charge in [0.15, 0.2) is 0 Å². The molecule has 0 saturated heterocycles. The van der Waals surface area contributed by atoms with Gasteiger partial charge in [0.05, 0.1) is 0 Å². The average Bonchev–Trinajstić information content (AvgIpc) is 2.03. The Bertz CT molecular complexity index is 207. The van der Waals surface area contributed by atoms with Crippen molar-refractivity contribution in [1.29, 1.82) is 0 Å². The standard InChI is InChI=1S/C11H19N2Se/c1-4-7-11(8-5-2,9-6-3)13-10(12)14/h4-5H,1-2,6-9H2,3H3,(H2,12,13). The van der Waals surface area contributed by atoms with E-state index in [0.29, 0.717) is 4.73 Å². The fraction of sp³-hybridized carbons (Fsp3) is 0.545. The molecule has 0 spiro atoms. The summed E-state index contributed by atoms with van der Waals surface area (Å²) >= 11 is 2.73. The van der Waals surface area contributed by atoms with E-state index in [1.54, 1.807) is 0 Å². The van der Waals surface area contributed by atoms with Crippen molar-refractivity contribution in [1.82, 2.24) is 0 Å². The summed E-state index contributed by atoms with van der Waals surface area (Å²) in [7, 11) is 0. The average molecular weight is 258 g/mol. The van der Waals surface area contributed by atoms with Crippen LogP contribution < -0.4 is 5.73 Å². The van der Waals surface area contributed by atoms with Crippen LogP contribution in [0, 0.1) is 0 Å². The first-order chi connectivity index (χ1) is 6.60. The fourth-order valence-electron chi connectivity index (χ4n) is 1.67. The Morgan fingerprint density at radius 2 is 1.93 bits per heavy atom. The van der Waals surface area contributed by atoms with Gasteiger partial charge in [-0.05, 0) is 0 Å². The summed E-state index contributed by atoms with van der Waals surface area (Å²) in [5.41, 5.74) is 5.46. The van der Waals surface area contributed by atoms with E-state index >= 15 is 0 Å². The predicted octanol–water partition coefficient (Wildman–Crippen LogP) is 2.16. The van der Waals surface area contributed by atoms with Crippen LogP contribution in [0.25, 0.3) is 0 Å². The summed E-state index contributed by atoms with van der Waals surface area (Å²) in [6.45, 7) is 9.67. The van der Waals surface area contributed by atoms with Gasteiger partial charge >= 0.3 is 94.9 Å². The van der Waals surface area contributed by atoms with Gasteiger partial charge < -0.3 is 0 Å². The Morgan fingerprint density at radius 3 is 2.21 bits per heavy atom. The van der Waals surface area contributed by atoms with Crippen molar-refractivity contribution in [2.24, 2.45) is 10.7 Å². The van der Waals surface area contributed by atoms with Crippen LogP contribution in [0.15, 0.2) is 30.3 Å². The van der Waals surface area contributed by atoms with Crippen molar-refractivity contribution < 1.29 is 0 Å². The second kappa shape index (κ2) is 6.85. The second-order valence-electron chi connectivity index (χ2n) is 3.41. The third-order valence-electron chi connectivity index (χ3n) is 2.11. The molecule has 0 saturated carbocycles.